The number of anilines is 1. The zero-order valence-electron chi connectivity index (χ0n) is 23.6. The number of benzene rings is 7. The van der Waals surface area contributed by atoms with Crippen LogP contribution in [0.3, 0.4) is 0 Å². The molecule has 0 bridgehead atoms. The summed E-state index contributed by atoms with van der Waals surface area (Å²) in [6.07, 6.45) is 0. The number of para-hydroxylation sites is 1. The van der Waals surface area contributed by atoms with Crippen molar-refractivity contribution in [1.82, 2.24) is 4.98 Å². The first kappa shape index (κ1) is 26.3. The van der Waals surface area contributed by atoms with Crippen LogP contribution in [-0.4, -0.2) is 10.9 Å². The molecule has 1 N–H and O–H groups in total. The van der Waals surface area contributed by atoms with E-state index in [2.05, 4.69) is 118 Å². The Hall–Kier alpha value is -5.32. The second-order valence-electron chi connectivity index (χ2n) is 11.0. The molecule has 0 aliphatic carbocycles. The molecule has 8 rings (SSSR count). The third kappa shape index (κ3) is 4.61. The molecule has 0 radical (unpaired) electrons. The SMILES string of the molecule is O=C(Nc1ccccc1-c1ccc2nc(-c3ccc4c5ccccc5c5ccccc5c4c3)ccc2c1)c1cccc(Br)c1. The van der Waals surface area contributed by atoms with Gasteiger partial charge in [-0.15, -0.1) is 0 Å². The zero-order valence-corrected chi connectivity index (χ0v) is 25.2. The maximum absolute atomic E-state index is 13.0. The number of hydrogen-bond donors (Lipinski definition) is 1. The fourth-order valence-corrected chi connectivity index (χ4v) is 6.59. The van der Waals surface area contributed by atoms with E-state index in [9.17, 15) is 4.79 Å². The third-order valence-electron chi connectivity index (χ3n) is 8.30. The van der Waals surface area contributed by atoms with Crippen LogP contribution in [0.15, 0.2) is 150 Å². The van der Waals surface area contributed by atoms with Gasteiger partial charge in [-0.3, -0.25) is 4.79 Å². The van der Waals surface area contributed by atoms with Crippen LogP contribution < -0.4 is 5.32 Å². The van der Waals surface area contributed by atoms with E-state index < -0.39 is 0 Å². The molecule has 4 heteroatoms. The second-order valence-corrected chi connectivity index (χ2v) is 11.9. The number of nitrogens with one attached hydrogen (secondary N) is 1. The average molecular weight is 630 g/mol. The highest BCUT2D eigenvalue weighted by Crippen LogP contribution is 2.37. The number of carbonyl (C=O) groups excluding carboxylic acids is 1. The average Bonchev–Trinajstić information content (AvgIpc) is 3.08. The molecule has 0 spiro atoms. The van der Waals surface area contributed by atoms with Gasteiger partial charge in [-0.1, -0.05) is 113 Å². The van der Waals surface area contributed by atoms with Gasteiger partial charge in [0, 0.05) is 32.2 Å². The highest BCUT2D eigenvalue weighted by atomic mass is 79.9. The summed E-state index contributed by atoms with van der Waals surface area (Å²) >= 11 is 3.45. The summed E-state index contributed by atoms with van der Waals surface area (Å²) < 4.78 is 0.866. The highest BCUT2D eigenvalue weighted by molar-refractivity contribution is 9.10. The number of hydrogen-bond acceptors (Lipinski definition) is 2. The van der Waals surface area contributed by atoms with Crippen LogP contribution in [0.2, 0.25) is 0 Å². The lowest BCUT2D eigenvalue weighted by molar-refractivity contribution is 0.102. The van der Waals surface area contributed by atoms with Crippen molar-refractivity contribution in [3.8, 4) is 22.4 Å². The normalized spacial score (nSPS) is 11.4. The fraction of sp³-hybridized carbons (Fsp3) is 0. The van der Waals surface area contributed by atoms with Crippen LogP contribution in [0.5, 0.6) is 0 Å². The number of rotatable bonds is 4. The summed E-state index contributed by atoms with van der Waals surface area (Å²) in [5, 5.41) is 11.7. The molecule has 0 aliphatic heterocycles. The van der Waals surface area contributed by atoms with E-state index in [1.165, 1.54) is 32.3 Å². The molecule has 7 aromatic carbocycles. The zero-order chi connectivity index (χ0) is 29.6. The van der Waals surface area contributed by atoms with Crippen molar-refractivity contribution in [3.63, 3.8) is 0 Å². The van der Waals surface area contributed by atoms with Gasteiger partial charge in [-0.25, -0.2) is 4.98 Å². The molecule has 1 aromatic heterocycles. The number of aromatic nitrogens is 1. The number of amides is 1. The van der Waals surface area contributed by atoms with Crippen molar-refractivity contribution < 1.29 is 4.79 Å². The quantitative estimate of drug-likeness (QED) is 0.197. The first-order valence-corrected chi connectivity index (χ1v) is 15.3. The van der Waals surface area contributed by atoms with Gasteiger partial charge < -0.3 is 5.32 Å². The minimum Gasteiger partial charge on any atom is -0.321 e. The minimum absolute atomic E-state index is 0.151. The fourth-order valence-electron chi connectivity index (χ4n) is 6.19. The molecule has 0 saturated carbocycles. The molecule has 208 valence electrons. The van der Waals surface area contributed by atoms with Gasteiger partial charge in [0.15, 0.2) is 0 Å². The van der Waals surface area contributed by atoms with Crippen LogP contribution >= 0.6 is 15.9 Å². The lowest BCUT2D eigenvalue weighted by atomic mass is 9.93. The van der Waals surface area contributed by atoms with Gasteiger partial charge >= 0.3 is 0 Å². The molecule has 0 saturated heterocycles. The first-order valence-electron chi connectivity index (χ1n) is 14.5. The van der Waals surface area contributed by atoms with Gasteiger partial charge in [0.05, 0.1) is 11.2 Å². The minimum atomic E-state index is -0.151. The Balaban J connectivity index is 1.17. The number of fused-ring (bicyclic) bond motifs is 7. The number of carbonyl (C=O) groups is 1. The summed E-state index contributed by atoms with van der Waals surface area (Å²) in [5.74, 6) is -0.151. The summed E-state index contributed by atoms with van der Waals surface area (Å²) in [7, 11) is 0. The smallest absolute Gasteiger partial charge is 0.255 e. The Morgan fingerprint density at radius 2 is 1.20 bits per heavy atom. The number of nitrogens with zero attached hydrogens (tertiary/aromatic N) is 1. The Bertz CT molecular complexity index is 2380. The van der Waals surface area contributed by atoms with Crippen molar-refractivity contribution in [2.75, 3.05) is 5.32 Å². The maximum atomic E-state index is 13.0. The molecular formula is C40H25BrN2O. The van der Waals surface area contributed by atoms with Crippen molar-refractivity contribution in [2.45, 2.75) is 0 Å². The summed E-state index contributed by atoms with van der Waals surface area (Å²) in [6.45, 7) is 0. The monoisotopic (exact) mass is 628 g/mol. The summed E-state index contributed by atoms with van der Waals surface area (Å²) in [6, 6.07) is 49.7. The van der Waals surface area contributed by atoms with Crippen LogP contribution in [0.1, 0.15) is 10.4 Å². The largest absolute Gasteiger partial charge is 0.321 e. The standard InChI is InChI=1S/C40H25BrN2O/c41-29-9-7-8-28(23-29)40(44)43-39-15-6-5-10-30(39)25-17-20-37-26(22-25)18-21-38(42-37)27-16-19-35-33-13-2-1-11-31(33)32-12-3-4-14-34(32)36(35)24-27/h1-24H,(H,43,44). The highest BCUT2D eigenvalue weighted by Gasteiger charge is 2.13. The van der Waals surface area contributed by atoms with Crippen molar-refractivity contribution in [3.05, 3.63) is 156 Å². The van der Waals surface area contributed by atoms with E-state index in [4.69, 9.17) is 4.98 Å². The molecule has 0 fully saturated rings. The van der Waals surface area contributed by atoms with E-state index >= 15 is 0 Å². The molecule has 1 amide bonds. The molecule has 0 atom stereocenters. The van der Waals surface area contributed by atoms with Crippen LogP contribution in [0, 0.1) is 0 Å². The Morgan fingerprint density at radius 1 is 0.545 bits per heavy atom. The first-order chi connectivity index (χ1) is 21.6. The lowest BCUT2D eigenvalue weighted by Crippen LogP contribution is -2.12. The summed E-state index contributed by atoms with van der Waals surface area (Å²) in [5.41, 5.74) is 6.27. The molecule has 44 heavy (non-hydrogen) atoms. The molecule has 0 aliphatic rings. The van der Waals surface area contributed by atoms with E-state index in [0.29, 0.717) is 5.56 Å². The van der Waals surface area contributed by atoms with Crippen molar-refractivity contribution in [2.24, 2.45) is 0 Å². The van der Waals surface area contributed by atoms with Crippen molar-refractivity contribution in [1.29, 1.82) is 0 Å². The molecule has 3 nitrogen and oxygen atoms in total. The predicted molar refractivity (Wildman–Crippen MR) is 187 cm³/mol. The van der Waals surface area contributed by atoms with Crippen molar-refractivity contribution >= 4 is 70.7 Å². The molecule has 1 heterocycles. The van der Waals surface area contributed by atoms with E-state index in [0.717, 1.165) is 43.4 Å². The van der Waals surface area contributed by atoms with Gasteiger partial charge in [0.25, 0.3) is 5.91 Å². The Morgan fingerprint density at radius 3 is 1.95 bits per heavy atom. The van der Waals surface area contributed by atoms with Crippen LogP contribution in [-0.2, 0) is 0 Å². The Kier molecular flexibility index (Phi) is 6.43. The molecular weight excluding hydrogens is 604 g/mol. The number of pyridine rings is 1. The molecule has 8 aromatic rings. The van der Waals surface area contributed by atoms with Gasteiger partial charge in [-0.05, 0) is 86.4 Å². The van der Waals surface area contributed by atoms with Gasteiger partial charge in [-0.2, -0.15) is 0 Å². The Labute approximate surface area is 262 Å². The summed E-state index contributed by atoms with van der Waals surface area (Å²) in [4.78, 5) is 18.1. The van der Waals surface area contributed by atoms with E-state index in [1.54, 1.807) is 0 Å². The van der Waals surface area contributed by atoms with E-state index in [-0.39, 0.29) is 5.91 Å². The number of halogens is 1. The van der Waals surface area contributed by atoms with Crippen LogP contribution in [0.25, 0.3) is 65.6 Å². The van der Waals surface area contributed by atoms with Gasteiger partial charge in [0.2, 0.25) is 0 Å². The van der Waals surface area contributed by atoms with E-state index in [1.807, 2.05) is 48.5 Å². The van der Waals surface area contributed by atoms with Crippen LogP contribution in [0.4, 0.5) is 5.69 Å². The third-order valence-corrected chi connectivity index (χ3v) is 8.80. The molecule has 0 unspecified atom stereocenters. The second kappa shape index (κ2) is 10.7. The lowest BCUT2D eigenvalue weighted by Gasteiger charge is -2.13. The topological polar surface area (TPSA) is 42.0 Å². The van der Waals surface area contributed by atoms with Gasteiger partial charge in [0.1, 0.15) is 0 Å². The maximum Gasteiger partial charge on any atom is 0.255 e. The predicted octanol–water partition coefficient (Wildman–Crippen LogP) is 11.0.